The van der Waals surface area contributed by atoms with Crippen LogP contribution in [0.3, 0.4) is 0 Å². The zero-order valence-corrected chi connectivity index (χ0v) is 11.2. The van der Waals surface area contributed by atoms with E-state index in [-0.39, 0.29) is 11.9 Å². The van der Waals surface area contributed by atoms with E-state index in [1.54, 1.807) is 6.20 Å². The van der Waals surface area contributed by atoms with Gasteiger partial charge in [-0.05, 0) is 12.2 Å². The first-order chi connectivity index (χ1) is 9.72. The van der Waals surface area contributed by atoms with Crippen LogP contribution in [0.25, 0.3) is 12.2 Å². The van der Waals surface area contributed by atoms with Crippen molar-refractivity contribution >= 4 is 23.9 Å². The number of aromatic amines is 1. The van der Waals surface area contributed by atoms with Gasteiger partial charge in [0.2, 0.25) is 5.96 Å². The van der Waals surface area contributed by atoms with Gasteiger partial charge in [0.05, 0.1) is 11.5 Å². The van der Waals surface area contributed by atoms with Gasteiger partial charge in [0.25, 0.3) is 0 Å². The van der Waals surface area contributed by atoms with Crippen molar-refractivity contribution in [3.63, 3.8) is 0 Å². The third-order valence-corrected chi connectivity index (χ3v) is 3.23. The van der Waals surface area contributed by atoms with Crippen molar-refractivity contribution in [1.29, 1.82) is 0 Å². The quantitative estimate of drug-likeness (QED) is 0.654. The van der Waals surface area contributed by atoms with Gasteiger partial charge >= 0.3 is 0 Å². The zero-order chi connectivity index (χ0) is 13.9. The molecular weight excluding hydrogens is 252 g/mol. The molecule has 6 heteroatoms. The lowest BCUT2D eigenvalue weighted by Gasteiger charge is -2.14. The van der Waals surface area contributed by atoms with Gasteiger partial charge in [-0.15, -0.1) is 0 Å². The Bertz CT molecular complexity index is 747. The number of nitrogens with zero attached hydrogens (tertiary/aromatic N) is 3. The first-order valence-electron chi connectivity index (χ1n) is 6.48. The van der Waals surface area contributed by atoms with Crippen LogP contribution in [0.1, 0.15) is 13.3 Å². The Morgan fingerprint density at radius 2 is 2.30 bits per heavy atom. The average Bonchev–Trinajstić information content (AvgIpc) is 2.71. The molecule has 2 heterocycles. The van der Waals surface area contributed by atoms with E-state index in [1.165, 1.54) is 0 Å². The maximum Gasteiger partial charge on any atom is 0.221 e. The molecule has 0 fully saturated rings. The normalized spacial score (nSPS) is 21.2. The molecule has 0 saturated carbocycles. The summed E-state index contributed by atoms with van der Waals surface area (Å²) >= 11 is 0. The van der Waals surface area contributed by atoms with E-state index < -0.39 is 0 Å². The highest BCUT2D eigenvalue weighted by Gasteiger charge is 2.12. The highest BCUT2D eigenvalue weighted by molar-refractivity contribution is 5.98. The second kappa shape index (κ2) is 5.16. The molecule has 1 aliphatic heterocycles. The number of hydrogen-bond acceptors (Lipinski definition) is 5. The third-order valence-electron chi connectivity index (χ3n) is 3.23. The molecule has 1 aliphatic carbocycles. The minimum atomic E-state index is 0.142. The van der Waals surface area contributed by atoms with Gasteiger partial charge in [0, 0.05) is 29.5 Å². The van der Waals surface area contributed by atoms with Crippen molar-refractivity contribution in [3.05, 3.63) is 40.8 Å². The van der Waals surface area contributed by atoms with Crippen molar-refractivity contribution in [2.45, 2.75) is 13.3 Å². The molecule has 2 aliphatic rings. The number of rotatable bonds is 1. The smallest absolute Gasteiger partial charge is 0.221 e. The molecule has 3 rings (SSSR count). The number of nitrogens with one attached hydrogen (secondary N) is 2. The van der Waals surface area contributed by atoms with E-state index in [9.17, 15) is 0 Å². The average molecular weight is 268 g/mol. The molecule has 1 atom stereocenters. The Morgan fingerprint density at radius 1 is 1.40 bits per heavy atom. The minimum Gasteiger partial charge on any atom is -0.368 e. The zero-order valence-electron chi connectivity index (χ0n) is 11.2. The van der Waals surface area contributed by atoms with Crippen molar-refractivity contribution in [3.8, 4) is 0 Å². The highest BCUT2D eigenvalue weighted by Crippen LogP contribution is 2.08. The Balaban J connectivity index is 1.85. The fraction of sp³-hybridized carbons (Fsp3) is 0.214. The lowest BCUT2D eigenvalue weighted by molar-refractivity contribution is 0.912. The van der Waals surface area contributed by atoms with Crippen molar-refractivity contribution in [1.82, 2.24) is 15.5 Å². The van der Waals surface area contributed by atoms with E-state index in [0.717, 1.165) is 28.5 Å². The summed E-state index contributed by atoms with van der Waals surface area (Å²) in [5, 5.41) is 12.5. The predicted octanol–water partition coefficient (Wildman–Crippen LogP) is -0.275. The first-order valence-corrected chi connectivity index (χ1v) is 6.48. The van der Waals surface area contributed by atoms with Crippen LogP contribution in [0.15, 0.2) is 40.2 Å². The van der Waals surface area contributed by atoms with Crippen LogP contribution >= 0.6 is 0 Å². The molecule has 20 heavy (non-hydrogen) atoms. The number of nitrogens with two attached hydrogens (primary N) is 1. The number of aliphatic imine (C=N–C) groups is 2. The fourth-order valence-corrected chi connectivity index (χ4v) is 2.06. The third kappa shape index (κ3) is 2.54. The highest BCUT2D eigenvalue weighted by atomic mass is 15.1. The summed E-state index contributed by atoms with van der Waals surface area (Å²) in [6.07, 6.45) is 12.4. The molecule has 1 unspecified atom stereocenters. The molecule has 0 bridgehead atoms. The Morgan fingerprint density at radius 3 is 3.20 bits per heavy atom. The van der Waals surface area contributed by atoms with Gasteiger partial charge in [-0.25, -0.2) is 4.99 Å². The van der Waals surface area contributed by atoms with Crippen molar-refractivity contribution < 1.29 is 0 Å². The SMILES string of the molecule is CC1C=CN=C(N)N=C1NC1=CC=c2cn[nH]c2=CC1. The van der Waals surface area contributed by atoms with Gasteiger partial charge in [-0.1, -0.05) is 19.1 Å². The maximum atomic E-state index is 5.70. The number of fused-ring (bicyclic) bond motifs is 1. The van der Waals surface area contributed by atoms with Gasteiger partial charge in [0.15, 0.2) is 0 Å². The van der Waals surface area contributed by atoms with Crippen LogP contribution < -0.4 is 21.6 Å². The molecule has 1 aromatic rings. The largest absolute Gasteiger partial charge is 0.368 e. The van der Waals surface area contributed by atoms with Crippen molar-refractivity contribution in [2.24, 2.45) is 21.6 Å². The molecule has 4 N–H and O–H groups in total. The molecule has 6 nitrogen and oxygen atoms in total. The molecule has 0 amide bonds. The lowest BCUT2D eigenvalue weighted by atomic mass is 10.1. The minimum absolute atomic E-state index is 0.142. The molecule has 0 radical (unpaired) electrons. The number of guanidine groups is 1. The predicted molar refractivity (Wildman–Crippen MR) is 80.0 cm³/mol. The van der Waals surface area contributed by atoms with E-state index in [4.69, 9.17) is 5.73 Å². The lowest BCUT2D eigenvalue weighted by Crippen LogP contribution is -2.29. The van der Waals surface area contributed by atoms with E-state index in [0.29, 0.717) is 0 Å². The fourth-order valence-electron chi connectivity index (χ4n) is 2.06. The molecule has 0 spiro atoms. The van der Waals surface area contributed by atoms with E-state index in [1.807, 2.05) is 31.3 Å². The summed E-state index contributed by atoms with van der Waals surface area (Å²) in [7, 11) is 0. The first kappa shape index (κ1) is 12.4. The Hall–Kier alpha value is -2.63. The topological polar surface area (TPSA) is 91.4 Å². The summed E-state index contributed by atoms with van der Waals surface area (Å²) in [5.41, 5.74) is 6.76. The number of amidine groups is 1. The molecule has 0 saturated heterocycles. The van der Waals surface area contributed by atoms with E-state index in [2.05, 4.69) is 31.6 Å². The molecule has 1 aromatic heterocycles. The van der Waals surface area contributed by atoms with Gasteiger partial charge in [-0.2, -0.15) is 10.1 Å². The number of hydrogen-bond donors (Lipinski definition) is 3. The van der Waals surface area contributed by atoms with Gasteiger partial charge < -0.3 is 11.1 Å². The second-order valence-corrected chi connectivity index (χ2v) is 4.75. The summed E-state index contributed by atoms with van der Waals surface area (Å²) in [5.74, 6) is 1.21. The molecular formula is C14H16N6. The summed E-state index contributed by atoms with van der Waals surface area (Å²) in [6, 6.07) is 0. The van der Waals surface area contributed by atoms with Gasteiger partial charge in [0.1, 0.15) is 5.84 Å². The van der Waals surface area contributed by atoms with Gasteiger partial charge in [-0.3, -0.25) is 5.10 Å². The number of allylic oxidation sites excluding steroid dienone is 2. The van der Waals surface area contributed by atoms with Crippen LogP contribution in [0.4, 0.5) is 0 Å². The summed E-state index contributed by atoms with van der Waals surface area (Å²) in [6.45, 7) is 2.05. The number of aromatic nitrogens is 2. The standard InChI is InChI=1S/C14H16N6/c1-9-6-7-16-14(15)19-13(9)18-11-3-2-10-8-17-20-12(10)5-4-11/h2-3,5-9,20H,4H2,1H3,(H3,15,16,18,19). The number of H-pyrrole nitrogens is 1. The van der Waals surface area contributed by atoms with Crippen LogP contribution in [0.5, 0.6) is 0 Å². The van der Waals surface area contributed by atoms with Crippen LogP contribution in [0.2, 0.25) is 0 Å². The van der Waals surface area contributed by atoms with Crippen LogP contribution in [-0.2, 0) is 0 Å². The van der Waals surface area contributed by atoms with E-state index >= 15 is 0 Å². The Labute approximate surface area is 116 Å². The van der Waals surface area contributed by atoms with Crippen LogP contribution in [-0.4, -0.2) is 22.0 Å². The van der Waals surface area contributed by atoms with Crippen molar-refractivity contribution in [2.75, 3.05) is 0 Å². The van der Waals surface area contributed by atoms with Crippen LogP contribution in [0, 0.1) is 5.92 Å². The monoisotopic (exact) mass is 268 g/mol. The molecule has 102 valence electrons. The molecule has 0 aromatic carbocycles. The second-order valence-electron chi connectivity index (χ2n) is 4.75. The summed E-state index contributed by atoms with van der Waals surface area (Å²) < 4.78 is 0. The Kier molecular flexibility index (Phi) is 3.20. The maximum absolute atomic E-state index is 5.70. The summed E-state index contributed by atoms with van der Waals surface area (Å²) in [4.78, 5) is 8.30.